The molecule has 1 N–H and O–H groups in total. The molecule has 5 aromatic heterocycles. The Kier molecular flexibility index (Phi) is 4.43. The van der Waals surface area contributed by atoms with E-state index in [4.69, 9.17) is 11.6 Å². The molecule has 0 atom stereocenters. The van der Waals surface area contributed by atoms with Gasteiger partial charge in [0, 0.05) is 23.6 Å². The van der Waals surface area contributed by atoms with Gasteiger partial charge in [0.2, 0.25) is 0 Å². The number of hydrogen-bond acceptors (Lipinski definition) is 5. The molecule has 0 aliphatic heterocycles. The Bertz CT molecular complexity index is 1460. The molecular weight excluding hydrogens is 428 g/mol. The summed E-state index contributed by atoms with van der Waals surface area (Å²) < 4.78 is 3.90. The summed E-state index contributed by atoms with van der Waals surface area (Å²) in [6.07, 6.45) is 11.6. The molecule has 1 saturated carbocycles. The fourth-order valence-corrected chi connectivity index (χ4v) is 3.98. The first-order valence-corrected chi connectivity index (χ1v) is 10.8. The van der Waals surface area contributed by atoms with Gasteiger partial charge in [-0.1, -0.05) is 17.7 Å². The maximum absolute atomic E-state index is 12.5. The molecule has 1 aliphatic carbocycles. The molecule has 0 aromatic carbocycles. The highest BCUT2D eigenvalue weighted by atomic mass is 35.5. The van der Waals surface area contributed by atoms with Gasteiger partial charge in [-0.2, -0.15) is 9.90 Å². The van der Waals surface area contributed by atoms with Crippen LogP contribution >= 0.6 is 11.6 Å². The molecule has 5 heterocycles. The zero-order valence-corrected chi connectivity index (χ0v) is 17.8. The minimum Gasteiger partial charge on any atom is -0.345 e. The second-order valence-corrected chi connectivity index (χ2v) is 8.44. The Hall–Kier alpha value is -3.72. The van der Waals surface area contributed by atoms with Crippen LogP contribution in [0.2, 0.25) is 5.02 Å². The largest absolute Gasteiger partial charge is 0.345 e. The molecule has 5 aromatic rings. The van der Waals surface area contributed by atoms with Crippen LogP contribution in [0.25, 0.3) is 11.2 Å². The van der Waals surface area contributed by atoms with Gasteiger partial charge in [0.05, 0.1) is 36.0 Å². The highest BCUT2D eigenvalue weighted by Crippen LogP contribution is 2.39. The number of imidazole rings is 2. The van der Waals surface area contributed by atoms with E-state index >= 15 is 0 Å². The third-order valence-electron chi connectivity index (χ3n) is 5.64. The van der Waals surface area contributed by atoms with Crippen molar-refractivity contribution < 1.29 is 4.79 Å². The van der Waals surface area contributed by atoms with Crippen molar-refractivity contribution in [3.63, 3.8) is 0 Å². The number of hydrogen-bond donors (Lipinski definition) is 1. The summed E-state index contributed by atoms with van der Waals surface area (Å²) in [6, 6.07) is 7.79. The summed E-state index contributed by atoms with van der Waals surface area (Å²) in [5, 5.41) is 12.0. The number of rotatable bonds is 6. The fourth-order valence-electron chi connectivity index (χ4n) is 3.83. The summed E-state index contributed by atoms with van der Waals surface area (Å²) >= 11 is 6.07. The summed E-state index contributed by atoms with van der Waals surface area (Å²) in [5.74, 6) is 0.375. The number of carbonyl (C=O) groups is 1. The number of carbonyl (C=O) groups excluding carboxylic acids is 1. The number of aromatic nitrogens is 7. The summed E-state index contributed by atoms with van der Waals surface area (Å²) in [4.78, 5) is 23.0. The molecule has 10 heteroatoms. The lowest BCUT2D eigenvalue weighted by atomic mass is 10.2. The molecule has 0 saturated heterocycles. The summed E-state index contributed by atoms with van der Waals surface area (Å²) in [7, 11) is 0. The van der Waals surface area contributed by atoms with Crippen LogP contribution in [-0.2, 0) is 13.1 Å². The minimum absolute atomic E-state index is 0.242. The van der Waals surface area contributed by atoms with E-state index in [2.05, 4.69) is 37.7 Å². The van der Waals surface area contributed by atoms with E-state index in [1.54, 1.807) is 12.4 Å². The van der Waals surface area contributed by atoms with Crippen molar-refractivity contribution in [3.05, 3.63) is 83.0 Å². The van der Waals surface area contributed by atoms with Crippen LogP contribution in [0.4, 0.5) is 0 Å². The molecule has 0 unspecified atom stereocenters. The van der Waals surface area contributed by atoms with Gasteiger partial charge in [0.15, 0.2) is 5.69 Å². The van der Waals surface area contributed by atoms with Crippen LogP contribution in [-0.4, -0.2) is 39.7 Å². The highest BCUT2D eigenvalue weighted by Gasteiger charge is 2.23. The molecule has 0 radical (unpaired) electrons. The molecule has 0 spiro atoms. The topological polar surface area (TPSA) is 94.4 Å². The summed E-state index contributed by atoms with van der Waals surface area (Å²) in [6.45, 7) is 0.649. The number of nitrogens with one attached hydrogen (secondary N) is 1. The number of fused-ring (bicyclic) bond motifs is 2. The van der Waals surface area contributed by atoms with Crippen molar-refractivity contribution in [3.8, 4) is 0 Å². The molecular formula is C22H19ClN8O. The highest BCUT2D eigenvalue weighted by molar-refractivity contribution is 6.30. The van der Waals surface area contributed by atoms with Crippen molar-refractivity contribution in [2.24, 2.45) is 0 Å². The average Bonchev–Trinajstić information content (AvgIpc) is 3.21. The lowest BCUT2D eigenvalue weighted by Crippen LogP contribution is -2.23. The third-order valence-corrected chi connectivity index (χ3v) is 5.88. The average molecular weight is 447 g/mol. The van der Waals surface area contributed by atoms with Gasteiger partial charge in [-0.25, -0.2) is 9.97 Å². The SMILES string of the molecule is O=C(NCc1ncn2ccc(Cl)cc12)c1cnn(Cc2cn3cc(C4CC4)ccc3n2)n1. The first kappa shape index (κ1) is 19.0. The second kappa shape index (κ2) is 7.45. The van der Waals surface area contributed by atoms with E-state index in [1.165, 1.54) is 29.4 Å². The molecule has 160 valence electrons. The third kappa shape index (κ3) is 3.60. The Morgan fingerprint density at radius 1 is 1.19 bits per heavy atom. The number of amides is 1. The maximum atomic E-state index is 12.5. The van der Waals surface area contributed by atoms with E-state index in [0.29, 0.717) is 17.5 Å². The lowest BCUT2D eigenvalue weighted by molar-refractivity contribution is 0.0945. The van der Waals surface area contributed by atoms with Gasteiger partial charge in [-0.3, -0.25) is 4.79 Å². The maximum Gasteiger partial charge on any atom is 0.273 e. The fraction of sp³-hybridized carbons (Fsp3) is 0.227. The predicted octanol–water partition coefficient (Wildman–Crippen LogP) is 3.08. The molecule has 1 fully saturated rings. The minimum atomic E-state index is -0.316. The Morgan fingerprint density at radius 2 is 2.09 bits per heavy atom. The molecule has 0 bridgehead atoms. The van der Waals surface area contributed by atoms with Crippen LogP contribution in [0.5, 0.6) is 0 Å². The molecule has 6 rings (SSSR count). The van der Waals surface area contributed by atoms with Gasteiger partial charge in [-0.15, -0.1) is 5.10 Å². The van der Waals surface area contributed by atoms with E-state index in [-0.39, 0.29) is 18.1 Å². The predicted molar refractivity (Wildman–Crippen MR) is 118 cm³/mol. The molecule has 32 heavy (non-hydrogen) atoms. The van der Waals surface area contributed by atoms with Crippen molar-refractivity contribution in [1.82, 2.24) is 39.1 Å². The number of nitrogens with zero attached hydrogens (tertiary/aromatic N) is 7. The van der Waals surface area contributed by atoms with Crippen LogP contribution in [0.1, 0.15) is 46.2 Å². The van der Waals surface area contributed by atoms with Gasteiger partial charge >= 0.3 is 0 Å². The standard InChI is InChI=1S/C22H19ClN8O/c23-16-5-6-29-13-25-18(20(29)7-16)8-24-22(32)19-9-26-31(28-19)12-17-11-30-10-15(14-1-2-14)3-4-21(30)27-17/h3-7,9-11,13-14H,1-2,8,12H2,(H,24,32). The zero-order valence-electron chi connectivity index (χ0n) is 17.0. The number of halogens is 1. The van der Waals surface area contributed by atoms with Gasteiger partial charge in [-0.05, 0) is 42.5 Å². The van der Waals surface area contributed by atoms with Crippen molar-refractivity contribution >= 4 is 28.7 Å². The van der Waals surface area contributed by atoms with E-state index in [0.717, 1.165) is 22.6 Å². The van der Waals surface area contributed by atoms with Gasteiger partial charge < -0.3 is 14.1 Å². The van der Waals surface area contributed by atoms with Crippen LogP contribution < -0.4 is 5.32 Å². The van der Waals surface area contributed by atoms with E-state index < -0.39 is 0 Å². The first-order valence-electron chi connectivity index (χ1n) is 10.4. The Balaban J connectivity index is 1.13. The second-order valence-electron chi connectivity index (χ2n) is 8.01. The van der Waals surface area contributed by atoms with Crippen molar-refractivity contribution in [1.29, 1.82) is 0 Å². The van der Waals surface area contributed by atoms with E-state index in [9.17, 15) is 4.79 Å². The Morgan fingerprint density at radius 3 is 2.97 bits per heavy atom. The van der Waals surface area contributed by atoms with Crippen molar-refractivity contribution in [2.45, 2.75) is 31.8 Å². The zero-order chi connectivity index (χ0) is 21.7. The quantitative estimate of drug-likeness (QED) is 0.432. The molecule has 9 nitrogen and oxygen atoms in total. The van der Waals surface area contributed by atoms with Gasteiger partial charge in [0.1, 0.15) is 12.2 Å². The first-order chi connectivity index (χ1) is 15.6. The van der Waals surface area contributed by atoms with Crippen LogP contribution in [0.15, 0.2) is 55.4 Å². The molecule has 1 aliphatic rings. The van der Waals surface area contributed by atoms with Crippen LogP contribution in [0.3, 0.4) is 0 Å². The van der Waals surface area contributed by atoms with E-state index in [1.807, 2.05) is 33.3 Å². The summed E-state index contributed by atoms with van der Waals surface area (Å²) in [5.41, 5.74) is 4.89. The van der Waals surface area contributed by atoms with Gasteiger partial charge in [0.25, 0.3) is 5.91 Å². The molecule has 1 amide bonds. The smallest absolute Gasteiger partial charge is 0.273 e. The number of pyridine rings is 2. The monoisotopic (exact) mass is 446 g/mol. The van der Waals surface area contributed by atoms with Crippen molar-refractivity contribution in [2.75, 3.05) is 0 Å². The lowest BCUT2D eigenvalue weighted by Gasteiger charge is -2.02. The normalized spacial score (nSPS) is 13.8. The Labute approximate surface area is 187 Å². The van der Waals surface area contributed by atoms with Crippen LogP contribution in [0, 0.1) is 0 Å².